The van der Waals surface area contributed by atoms with E-state index in [9.17, 15) is 4.79 Å². The number of hydrogen-bond donors (Lipinski definition) is 1. The van der Waals surface area contributed by atoms with E-state index in [0.29, 0.717) is 5.82 Å². The van der Waals surface area contributed by atoms with Crippen molar-refractivity contribution in [1.29, 1.82) is 0 Å². The van der Waals surface area contributed by atoms with Crippen LogP contribution in [-0.4, -0.2) is 49.0 Å². The molecule has 0 spiro atoms. The highest BCUT2D eigenvalue weighted by Crippen LogP contribution is 2.17. The van der Waals surface area contributed by atoms with Crippen LogP contribution in [0.25, 0.3) is 0 Å². The number of carbonyl (C=O) groups is 1. The average molecular weight is 262 g/mol. The summed E-state index contributed by atoms with van der Waals surface area (Å²) in [6.07, 6.45) is 1.83. The van der Waals surface area contributed by atoms with Gasteiger partial charge < -0.3 is 15.1 Å². The molecule has 1 saturated heterocycles. The maximum absolute atomic E-state index is 11.6. The Hall–Kier alpha value is -1.62. The van der Waals surface area contributed by atoms with Crippen LogP contribution >= 0.6 is 0 Å². The molecule has 2 rings (SSSR count). The van der Waals surface area contributed by atoms with Crippen molar-refractivity contribution in [3.05, 3.63) is 18.3 Å². The summed E-state index contributed by atoms with van der Waals surface area (Å²) in [5.74, 6) is 0.593. The summed E-state index contributed by atoms with van der Waals surface area (Å²) in [6.45, 7) is 7.94. The molecule has 0 saturated carbocycles. The Balaban J connectivity index is 1.96. The number of nitrogens with one attached hydrogen (secondary N) is 1. The summed E-state index contributed by atoms with van der Waals surface area (Å²) in [4.78, 5) is 20.5. The second-order valence-electron chi connectivity index (χ2n) is 5.34. The fourth-order valence-electron chi connectivity index (χ4n) is 1.98. The molecule has 1 aliphatic heterocycles. The molecule has 0 bridgehead atoms. The largest absolute Gasteiger partial charge is 0.368 e. The highest BCUT2D eigenvalue weighted by Gasteiger charge is 2.14. The molecular weight excluding hydrogens is 240 g/mol. The average Bonchev–Trinajstić information content (AvgIpc) is 2.40. The number of rotatable bonds is 3. The predicted octanol–water partition coefficient (Wildman–Crippen LogP) is 1.43. The lowest BCUT2D eigenvalue weighted by atomic mass is 10.2. The molecule has 104 valence electrons. The number of hydrogen-bond acceptors (Lipinski definition) is 4. The zero-order chi connectivity index (χ0) is 13.8. The van der Waals surface area contributed by atoms with Gasteiger partial charge in [-0.05, 0) is 19.2 Å². The molecule has 5 nitrogen and oxygen atoms in total. The van der Waals surface area contributed by atoms with Gasteiger partial charge in [-0.3, -0.25) is 4.79 Å². The zero-order valence-electron chi connectivity index (χ0n) is 11.9. The van der Waals surface area contributed by atoms with Crippen LogP contribution in [0.3, 0.4) is 0 Å². The molecule has 0 unspecified atom stereocenters. The number of aromatic nitrogens is 1. The van der Waals surface area contributed by atoms with E-state index in [0.717, 1.165) is 31.9 Å². The van der Waals surface area contributed by atoms with Crippen LogP contribution in [0.5, 0.6) is 0 Å². The maximum Gasteiger partial charge on any atom is 0.228 e. The Morgan fingerprint density at radius 2 is 1.95 bits per heavy atom. The van der Waals surface area contributed by atoms with Gasteiger partial charge in [0.2, 0.25) is 5.91 Å². The predicted molar refractivity (Wildman–Crippen MR) is 77.4 cm³/mol. The normalized spacial score (nSPS) is 16.7. The van der Waals surface area contributed by atoms with Crippen LogP contribution in [0.1, 0.15) is 13.8 Å². The van der Waals surface area contributed by atoms with Gasteiger partial charge in [-0.15, -0.1) is 0 Å². The van der Waals surface area contributed by atoms with E-state index in [1.165, 1.54) is 0 Å². The van der Waals surface area contributed by atoms with Crippen molar-refractivity contribution in [2.45, 2.75) is 13.8 Å². The van der Waals surface area contributed by atoms with Crippen LogP contribution < -0.4 is 10.2 Å². The first-order valence-corrected chi connectivity index (χ1v) is 6.76. The quantitative estimate of drug-likeness (QED) is 0.895. The molecule has 1 aromatic rings. The summed E-state index contributed by atoms with van der Waals surface area (Å²) in [7, 11) is 2.14. The van der Waals surface area contributed by atoms with Crippen LogP contribution in [0, 0.1) is 5.92 Å². The number of pyridine rings is 1. The second-order valence-corrected chi connectivity index (χ2v) is 5.34. The van der Waals surface area contributed by atoms with Gasteiger partial charge in [0.25, 0.3) is 0 Å². The smallest absolute Gasteiger partial charge is 0.228 e. The topological polar surface area (TPSA) is 48.5 Å². The molecule has 0 aromatic carbocycles. The zero-order valence-corrected chi connectivity index (χ0v) is 11.9. The lowest BCUT2D eigenvalue weighted by Crippen LogP contribution is -2.44. The van der Waals surface area contributed by atoms with Gasteiger partial charge in [-0.2, -0.15) is 0 Å². The van der Waals surface area contributed by atoms with E-state index < -0.39 is 0 Å². The molecule has 0 aliphatic carbocycles. The lowest BCUT2D eigenvalue weighted by Gasteiger charge is -2.33. The first-order chi connectivity index (χ1) is 9.06. The third-order valence-corrected chi connectivity index (χ3v) is 3.39. The molecule has 1 fully saturated rings. The first kappa shape index (κ1) is 13.8. The Morgan fingerprint density at radius 1 is 1.26 bits per heavy atom. The molecule has 5 heteroatoms. The Kier molecular flexibility index (Phi) is 4.37. The van der Waals surface area contributed by atoms with Gasteiger partial charge >= 0.3 is 0 Å². The fraction of sp³-hybridized carbons (Fsp3) is 0.571. The molecule has 0 radical (unpaired) electrons. The van der Waals surface area contributed by atoms with Gasteiger partial charge in [0.15, 0.2) is 0 Å². The first-order valence-electron chi connectivity index (χ1n) is 6.76. The third-order valence-electron chi connectivity index (χ3n) is 3.39. The summed E-state index contributed by atoms with van der Waals surface area (Å²) in [5.41, 5.74) is 1.12. The van der Waals surface area contributed by atoms with Crippen molar-refractivity contribution in [3.8, 4) is 0 Å². The van der Waals surface area contributed by atoms with Crippen LogP contribution in [-0.2, 0) is 4.79 Å². The third kappa shape index (κ3) is 3.67. The van der Waals surface area contributed by atoms with Crippen molar-refractivity contribution in [1.82, 2.24) is 9.88 Å². The molecule has 1 N–H and O–H groups in total. The number of likely N-dealkylation sites (N-methyl/N-ethyl adjacent to an activating group) is 1. The molecule has 0 atom stereocenters. The summed E-state index contributed by atoms with van der Waals surface area (Å²) >= 11 is 0. The summed E-state index contributed by atoms with van der Waals surface area (Å²) in [5, 5.41) is 2.80. The molecule has 2 heterocycles. The van der Waals surface area contributed by atoms with Gasteiger partial charge in [-0.25, -0.2) is 4.98 Å². The van der Waals surface area contributed by atoms with Gasteiger partial charge in [0, 0.05) is 32.1 Å². The van der Waals surface area contributed by atoms with Gasteiger partial charge in [0.05, 0.1) is 11.9 Å². The van der Waals surface area contributed by atoms with E-state index in [1.54, 1.807) is 0 Å². The molecule has 19 heavy (non-hydrogen) atoms. The minimum absolute atomic E-state index is 0.000141. The lowest BCUT2D eigenvalue weighted by molar-refractivity contribution is -0.118. The van der Waals surface area contributed by atoms with Crippen molar-refractivity contribution < 1.29 is 4.79 Å². The van der Waals surface area contributed by atoms with Crippen LogP contribution in [0.2, 0.25) is 0 Å². The molecule has 1 amide bonds. The van der Waals surface area contributed by atoms with E-state index in [4.69, 9.17) is 0 Å². The number of amides is 1. The Morgan fingerprint density at radius 3 is 2.47 bits per heavy atom. The van der Waals surface area contributed by atoms with Crippen molar-refractivity contribution >= 4 is 17.4 Å². The van der Waals surface area contributed by atoms with Crippen molar-refractivity contribution in [2.24, 2.45) is 5.92 Å². The second kappa shape index (κ2) is 6.02. The summed E-state index contributed by atoms with van der Waals surface area (Å²) < 4.78 is 0. The van der Waals surface area contributed by atoms with Crippen molar-refractivity contribution in [3.63, 3.8) is 0 Å². The van der Waals surface area contributed by atoms with Crippen LogP contribution in [0.15, 0.2) is 18.3 Å². The maximum atomic E-state index is 11.6. The Labute approximate surface area is 114 Å². The standard InChI is InChI=1S/C14H22N4O/c1-11(2)14(19)16-13-5-4-12(10-15-13)18-8-6-17(3)7-9-18/h4-5,10-11H,6-9H2,1-3H3,(H,15,16,19). The monoisotopic (exact) mass is 262 g/mol. The highest BCUT2D eigenvalue weighted by molar-refractivity contribution is 5.91. The van der Waals surface area contributed by atoms with E-state index in [-0.39, 0.29) is 11.8 Å². The minimum atomic E-state index is -0.0286. The van der Waals surface area contributed by atoms with Crippen molar-refractivity contribution in [2.75, 3.05) is 43.4 Å². The van der Waals surface area contributed by atoms with Gasteiger partial charge in [-0.1, -0.05) is 13.8 Å². The number of carbonyl (C=O) groups excluding carboxylic acids is 1. The number of piperazine rings is 1. The van der Waals surface area contributed by atoms with E-state index in [2.05, 4.69) is 27.1 Å². The number of nitrogens with zero attached hydrogens (tertiary/aromatic N) is 3. The minimum Gasteiger partial charge on any atom is -0.368 e. The Bertz CT molecular complexity index is 422. The fourth-order valence-corrected chi connectivity index (χ4v) is 1.98. The SMILES string of the molecule is CC(C)C(=O)Nc1ccc(N2CCN(C)CC2)cn1. The van der Waals surface area contributed by atoms with Gasteiger partial charge in [0.1, 0.15) is 5.82 Å². The number of anilines is 2. The highest BCUT2D eigenvalue weighted by atomic mass is 16.1. The van der Waals surface area contributed by atoms with Crippen LogP contribution in [0.4, 0.5) is 11.5 Å². The van der Waals surface area contributed by atoms with E-state index >= 15 is 0 Å². The van der Waals surface area contributed by atoms with E-state index in [1.807, 2.05) is 32.2 Å². The molecule has 1 aliphatic rings. The molecule has 1 aromatic heterocycles. The molecular formula is C14H22N4O. The summed E-state index contributed by atoms with van der Waals surface area (Å²) in [6, 6.07) is 3.89.